The number of rotatable bonds is 3. The van der Waals surface area contributed by atoms with Gasteiger partial charge in [-0.2, -0.15) is 0 Å². The highest BCUT2D eigenvalue weighted by Gasteiger charge is 2.38. The van der Waals surface area contributed by atoms with Crippen LogP contribution in [-0.4, -0.2) is 60.0 Å². The molecule has 2 heterocycles. The summed E-state index contributed by atoms with van der Waals surface area (Å²) in [5, 5.41) is 3.27. The summed E-state index contributed by atoms with van der Waals surface area (Å²) < 4.78 is 4.97. The van der Waals surface area contributed by atoms with Gasteiger partial charge in [0.25, 0.3) is 0 Å². The van der Waals surface area contributed by atoms with Gasteiger partial charge >= 0.3 is 6.09 Å². The first-order chi connectivity index (χ1) is 11.5. The lowest BCUT2D eigenvalue weighted by Crippen LogP contribution is -2.54. The Hall–Kier alpha value is -2.28. The van der Waals surface area contributed by atoms with Gasteiger partial charge in [-0.3, -0.25) is 14.5 Å². The van der Waals surface area contributed by atoms with E-state index in [1.807, 2.05) is 0 Å². The number of ether oxygens (including phenoxy) is 1. The van der Waals surface area contributed by atoms with Crippen molar-refractivity contribution in [2.24, 2.45) is 0 Å². The maximum Gasteiger partial charge on any atom is 0.410 e. The van der Waals surface area contributed by atoms with E-state index in [4.69, 9.17) is 16.3 Å². The Morgan fingerprint density at radius 2 is 2.17 bits per heavy atom. The minimum absolute atomic E-state index is 0.117. The highest BCUT2D eigenvalue weighted by Crippen LogP contribution is 2.23. The van der Waals surface area contributed by atoms with Crippen LogP contribution in [0.25, 0.3) is 0 Å². The number of nitrogens with one attached hydrogen (secondary N) is 1. The Kier molecular flexibility index (Phi) is 4.62. The van der Waals surface area contributed by atoms with Crippen molar-refractivity contribution in [3.05, 3.63) is 28.8 Å². The Morgan fingerprint density at radius 3 is 2.96 bits per heavy atom. The number of carbonyl (C=O) groups excluding carboxylic acids is 3. The molecule has 2 aliphatic rings. The number of halogens is 1. The molecule has 1 aromatic rings. The number of fused-ring (bicyclic) bond motifs is 1. The molecule has 7 nitrogen and oxygen atoms in total. The van der Waals surface area contributed by atoms with Crippen LogP contribution < -0.4 is 5.32 Å². The predicted octanol–water partition coefficient (Wildman–Crippen LogP) is 1.64. The molecule has 2 fully saturated rings. The van der Waals surface area contributed by atoms with Crippen LogP contribution in [-0.2, 0) is 14.3 Å². The lowest BCUT2D eigenvalue weighted by molar-refractivity contribution is -0.136. The average Bonchev–Trinajstić information content (AvgIpc) is 2.92. The van der Waals surface area contributed by atoms with Gasteiger partial charge in [0, 0.05) is 30.3 Å². The molecule has 0 bridgehead atoms. The van der Waals surface area contributed by atoms with E-state index in [9.17, 15) is 14.4 Å². The lowest BCUT2D eigenvalue weighted by Gasteiger charge is -2.35. The third kappa shape index (κ3) is 3.31. The first-order valence-corrected chi connectivity index (χ1v) is 8.09. The second-order valence-electron chi connectivity index (χ2n) is 5.90. The maximum absolute atomic E-state index is 12.3. The van der Waals surface area contributed by atoms with E-state index >= 15 is 0 Å². The third-order valence-corrected chi connectivity index (χ3v) is 4.73. The molecular weight excluding hydrogens is 334 g/mol. The number of carbonyl (C=O) groups is 3. The monoisotopic (exact) mass is 351 g/mol. The lowest BCUT2D eigenvalue weighted by atomic mass is 10.1. The zero-order valence-corrected chi connectivity index (χ0v) is 14.0. The normalized spacial score (nSPS) is 19.8. The zero-order valence-electron chi connectivity index (χ0n) is 13.3. The number of benzene rings is 1. The number of hydrogen-bond acceptors (Lipinski definition) is 4. The molecule has 0 radical (unpaired) electrons. The molecule has 0 spiro atoms. The van der Waals surface area contributed by atoms with Crippen LogP contribution in [0.3, 0.4) is 0 Å². The number of nitrogens with zero attached hydrogens (tertiary/aromatic N) is 2. The summed E-state index contributed by atoms with van der Waals surface area (Å²) in [7, 11) is 0. The van der Waals surface area contributed by atoms with E-state index < -0.39 is 0 Å². The van der Waals surface area contributed by atoms with Crippen molar-refractivity contribution in [2.45, 2.75) is 19.4 Å². The molecule has 0 saturated carbocycles. The first kappa shape index (κ1) is 16.6. The smallest absolute Gasteiger partial charge is 0.410 e. The summed E-state index contributed by atoms with van der Waals surface area (Å²) in [5.41, 5.74) is 1.36. The molecule has 1 unspecified atom stereocenters. The number of amides is 3. The summed E-state index contributed by atoms with van der Waals surface area (Å²) in [6.45, 7) is 3.33. The molecule has 0 aliphatic carbocycles. The SMILES string of the molecule is Cc1c(Cl)cccc1NC(=O)CC(=O)N1CCN2C(=O)OCC2C1. The van der Waals surface area contributed by atoms with E-state index in [0.717, 1.165) is 5.56 Å². The Bertz CT molecular complexity index is 694. The predicted molar refractivity (Wildman–Crippen MR) is 87.9 cm³/mol. The van der Waals surface area contributed by atoms with Crippen LogP contribution in [0.1, 0.15) is 12.0 Å². The van der Waals surface area contributed by atoms with Gasteiger partial charge in [-0.15, -0.1) is 0 Å². The van der Waals surface area contributed by atoms with Crippen molar-refractivity contribution < 1.29 is 19.1 Å². The highest BCUT2D eigenvalue weighted by molar-refractivity contribution is 6.31. The van der Waals surface area contributed by atoms with E-state index in [1.54, 1.807) is 34.9 Å². The van der Waals surface area contributed by atoms with E-state index in [2.05, 4.69) is 5.32 Å². The average molecular weight is 352 g/mol. The van der Waals surface area contributed by atoms with Crippen molar-refractivity contribution in [1.29, 1.82) is 0 Å². The van der Waals surface area contributed by atoms with Crippen LogP contribution in [0.15, 0.2) is 18.2 Å². The van der Waals surface area contributed by atoms with Gasteiger partial charge in [0.05, 0.1) is 6.04 Å². The molecule has 2 aliphatic heterocycles. The maximum atomic E-state index is 12.3. The van der Waals surface area contributed by atoms with Crippen molar-refractivity contribution in [2.75, 3.05) is 31.6 Å². The minimum atomic E-state index is -0.383. The van der Waals surface area contributed by atoms with Crippen molar-refractivity contribution in [1.82, 2.24) is 9.80 Å². The van der Waals surface area contributed by atoms with Crippen LogP contribution >= 0.6 is 11.6 Å². The fourth-order valence-electron chi connectivity index (χ4n) is 2.90. The summed E-state index contributed by atoms with van der Waals surface area (Å²) in [4.78, 5) is 39.1. The molecule has 2 saturated heterocycles. The topological polar surface area (TPSA) is 79.0 Å². The Morgan fingerprint density at radius 1 is 1.38 bits per heavy atom. The van der Waals surface area contributed by atoms with E-state index in [0.29, 0.717) is 30.3 Å². The van der Waals surface area contributed by atoms with Crippen molar-refractivity contribution >= 4 is 35.2 Å². The highest BCUT2D eigenvalue weighted by atomic mass is 35.5. The van der Waals surface area contributed by atoms with Gasteiger partial charge in [0.15, 0.2) is 0 Å². The first-order valence-electron chi connectivity index (χ1n) is 7.72. The van der Waals surface area contributed by atoms with Crippen LogP contribution in [0.2, 0.25) is 5.02 Å². The Balaban J connectivity index is 1.56. The zero-order chi connectivity index (χ0) is 17.3. The Labute approximate surface area is 144 Å². The summed E-state index contributed by atoms with van der Waals surface area (Å²) >= 11 is 6.02. The number of cyclic esters (lactones) is 1. The number of piperazine rings is 1. The van der Waals surface area contributed by atoms with Gasteiger partial charge in [-0.1, -0.05) is 17.7 Å². The quantitative estimate of drug-likeness (QED) is 0.840. The van der Waals surface area contributed by atoms with Gasteiger partial charge in [-0.05, 0) is 24.6 Å². The van der Waals surface area contributed by atoms with E-state index in [1.165, 1.54) is 0 Å². The second kappa shape index (κ2) is 6.68. The van der Waals surface area contributed by atoms with Crippen molar-refractivity contribution in [3.8, 4) is 0 Å². The molecule has 3 amide bonds. The molecular formula is C16H18ClN3O4. The minimum Gasteiger partial charge on any atom is -0.447 e. The number of hydrogen-bond donors (Lipinski definition) is 1. The number of anilines is 1. The fourth-order valence-corrected chi connectivity index (χ4v) is 3.08. The molecule has 24 heavy (non-hydrogen) atoms. The third-order valence-electron chi connectivity index (χ3n) is 4.32. The van der Waals surface area contributed by atoms with Gasteiger partial charge in [0.1, 0.15) is 13.0 Å². The standard InChI is InChI=1S/C16H18ClN3O4/c1-10-12(17)3-2-4-13(10)18-14(21)7-15(22)19-5-6-20-11(8-19)9-24-16(20)23/h2-4,11H,5-9H2,1H3,(H,18,21). The fraction of sp³-hybridized carbons (Fsp3) is 0.438. The molecule has 1 atom stereocenters. The van der Waals surface area contributed by atoms with Crippen LogP contribution in [0.5, 0.6) is 0 Å². The summed E-state index contributed by atoms with van der Waals surface area (Å²) in [5.74, 6) is -0.641. The molecule has 8 heteroatoms. The molecule has 3 rings (SSSR count). The summed E-state index contributed by atoms with van der Waals surface area (Å²) in [6.07, 6.45) is -0.575. The van der Waals surface area contributed by atoms with Crippen LogP contribution in [0, 0.1) is 6.92 Å². The largest absolute Gasteiger partial charge is 0.447 e. The molecule has 1 N–H and O–H groups in total. The molecule has 128 valence electrons. The van der Waals surface area contributed by atoms with Crippen molar-refractivity contribution in [3.63, 3.8) is 0 Å². The van der Waals surface area contributed by atoms with Gasteiger partial charge < -0.3 is 15.0 Å². The van der Waals surface area contributed by atoms with Gasteiger partial charge in [-0.25, -0.2) is 4.79 Å². The van der Waals surface area contributed by atoms with Gasteiger partial charge in [0.2, 0.25) is 11.8 Å². The summed E-state index contributed by atoms with van der Waals surface area (Å²) in [6, 6.07) is 5.10. The molecule has 0 aromatic heterocycles. The van der Waals surface area contributed by atoms with Crippen LogP contribution in [0.4, 0.5) is 10.5 Å². The van der Waals surface area contributed by atoms with E-state index in [-0.39, 0.29) is 37.0 Å². The molecule has 1 aromatic carbocycles. The second-order valence-corrected chi connectivity index (χ2v) is 6.31.